The number of urea groups is 1. The zero-order chi connectivity index (χ0) is 18.7. The summed E-state index contributed by atoms with van der Waals surface area (Å²) in [7, 11) is 0. The summed E-state index contributed by atoms with van der Waals surface area (Å²) in [5, 5.41) is 10.8. The Morgan fingerprint density at radius 1 is 1.35 bits per heavy atom. The van der Waals surface area contributed by atoms with Gasteiger partial charge in [-0.3, -0.25) is 4.68 Å². The van der Waals surface area contributed by atoms with E-state index in [0.29, 0.717) is 29.6 Å². The third-order valence-corrected chi connectivity index (χ3v) is 4.95. The minimum atomic E-state index is -0.232. The molecular weight excluding hydrogens is 352 g/mol. The fraction of sp³-hybridized carbons (Fsp3) is 0.474. The van der Waals surface area contributed by atoms with Gasteiger partial charge in [-0.15, -0.1) is 0 Å². The molecule has 0 unspecified atom stereocenters. The summed E-state index contributed by atoms with van der Waals surface area (Å²) in [6.45, 7) is 7.96. The molecule has 6 nitrogen and oxygen atoms in total. The Balaban J connectivity index is 1.52. The van der Waals surface area contributed by atoms with Crippen LogP contribution in [0.25, 0.3) is 0 Å². The fourth-order valence-electron chi connectivity index (χ4n) is 3.01. The Bertz CT molecular complexity index is 799. The van der Waals surface area contributed by atoms with Crippen molar-refractivity contribution in [3.05, 3.63) is 40.7 Å². The van der Waals surface area contributed by atoms with Crippen LogP contribution in [0.5, 0.6) is 5.75 Å². The lowest BCUT2D eigenvalue weighted by molar-refractivity contribution is 0.247. The number of carbonyl (C=O) groups is 1. The van der Waals surface area contributed by atoms with E-state index in [1.54, 1.807) is 18.2 Å². The first-order valence-corrected chi connectivity index (χ1v) is 9.27. The Hall–Kier alpha value is -2.21. The van der Waals surface area contributed by atoms with Gasteiger partial charge < -0.3 is 15.4 Å². The molecular formula is C19H25ClN4O2. The number of rotatable bonds is 7. The first-order valence-electron chi connectivity index (χ1n) is 8.89. The van der Waals surface area contributed by atoms with Gasteiger partial charge in [0.1, 0.15) is 5.75 Å². The smallest absolute Gasteiger partial charge is 0.319 e. The lowest BCUT2D eigenvalue weighted by Gasteiger charge is -2.17. The van der Waals surface area contributed by atoms with Crippen molar-refractivity contribution in [2.24, 2.45) is 5.41 Å². The van der Waals surface area contributed by atoms with Crippen molar-refractivity contribution < 1.29 is 9.53 Å². The Morgan fingerprint density at radius 2 is 2.12 bits per heavy atom. The van der Waals surface area contributed by atoms with Crippen molar-refractivity contribution in [2.75, 3.05) is 18.5 Å². The fourth-order valence-corrected chi connectivity index (χ4v) is 3.25. The van der Waals surface area contributed by atoms with E-state index < -0.39 is 0 Å². The minimum Gasteiger partial charge on any atom is -0.492 e. The third-order valence-electron chi connectivity index (χ3n) is 4.66. The van der Waals surface area contributed by atoms with Crippen LogP contribution in [0.3, 0.4) is 0 Å². The molecule has 3 rings (SSSR count). The van der Waals surface area contributed by atoms with Crippen LogP contribution in [0.2, 0.25) is 5.02 Å². The topological polar surface area (TPSA) is 68.2 Å². The SMILES string of the molecule is CCOc1ccc(NC(=O)NCC2(Cn3nc(C)cc3C)CC2)cc1Cl. The highest BCUT2D eigenvalue weighted by Gasteiger charge is 2.43. The summed E-state index contributed by atoms with van der Waals surface area (Å²) in [6, 6.07) is 7.07. The molecule has 0 atom stereocenters. The van der Waals surface area contributed by atoms with E-state index in [0.717, 1.165) is 30.8 Å². The van der Waals surface area contributed by atoms with Gasteiger partial charge in [0.2, 0.25) is 0 Å². The van der Waals surface area contributed by atoms with E-state index in [9.17, 15) is 4.79 Å². The average Bonchev–Trinajstić information content (AvgIpc) is 3.27. The van der Waals surface area contributed by atoms with Gasteiger partial charge in [-0.25, -0.2) is 4.79 Å². The number of anilines is 1. The van der Waals surface area contributed by atoms with Crippen molar-refractivity contribution in [3.63, 3.8) is 0 Å². The average molecular weight is 377 g/mol. The van der Waals surface area contributed by atoms with E-state index >= 15 is 0 Å². The van der Waals surface area contributed by atoms with E-state index in [4.69, 9.17) is 16.3 Å². The molecule has 26 heavy (non-hydrogen) atoms. The van der Waals surface area contributed by atoms with Gasteiger partial charge in [0.25, 0.3) is 0 Å². The van der Waals surface area contributed by atoms with Gasteiger partial charge in [0, 0.05) is 29.9 Å². The molecule has 0 saturated heterocycles. The predicted molar refractivity (Wildman–Crippen MR) is 103 cm³/mol. The molecule has 0 aliphatic heterocycles. The number of amides is 2. The van der Waals surface area contributed by atoms with Gasteiger partial charge >= 0.3 is 6.03 Å². The normalized spacial score (nSPS) is 14.8. The lowest BCUT2D eigenvalue weighted by Crippen LogP contribution is -2.35. The number of nitrogens with zero attached hydrogens (tertiary/aromatic N) is 2. The Labute approximate surface area is 158 Å². The van der Waals surface area contributed by atoms with Gasteiger partial charge in [-0.2, -0.15) is 5.10 Å². The lowest BCUT2D eigenvalue weighted by atomic mass is 10.1. The van der Waals surface area contributed by atoms with Gasteiger partial charge in [0.05, 0.1) is 17.3 Å². The summed E-state index contributed by atoms with van der Waals surface area (Å²) in [4.78, 5) is 12.2. The first kappa shape index (κ1) is 18.6. The van der Waals surface area contributed by atoms with Crippen LogP contribution in [0.4, 0.5) is 10.5 Å². The molecule has 2 amide bonds. The van der Waals surface area contributed by atoms with Crippen molar-refractivity contribution >= 4 is 23.3 Å². The molecule has 1 heterocycles. The van der Waals surface area contributed by atoms with Crippen molar-refractivity contribution in [2.45, 2.75) is 40.2 Å². The number of hydrogen-bond donors (Lipinski definition) is 2. The molecule has 1 fully saturated rings. The maximum absolute atomic E-state index is 12.2. The van der Waals surface area contributed by atoms with Gasteiger partial charge in [0.15, 0.2) is 0 Å². The van der Waals surface area contributed by atoms with Crippen LogP contribution in [-0.2, 0) is 6.54 Å². The molecule has 0 spiro atoms. The molecule has 1 saturated carbocycles. The molecule has 1 aliphatic carbocycles. The van der Waals surface area contributed by atoms with Crippen LogP contribution < -0.4 is 15.4 Å². The summed E-state index contributed by atoms with van der Waals surface area (Å²) in [6.07, 6.45) is 2.20. The van der Waals surface area contributed by atoms with Crippen molar-refractivity contribution in [1.82, 2.24) is 15.1 Å². The highest BCUT2D eigenvalue weighted by Crippen LogP contribution is 2.46. The van der Waals surface area contributed by atoms with Crippen LogP contribution in [0.1, 0.15) is 31.2 Å². The summed E-state index contributed by atoms with van der Waals surface area (Å²) in [5.74, 6) is 0.613. The maximum Gasteiger partial charge on any atom is 0.319 e. The van der Waals surface area contributed by atoms with E-state index in [2.05, 4.69) is 28.7 Å². The second-order valence-corrected chi connectivity index (χ2v) is 7.38. The maximum atomic E-state index is 12.2. The molecule has 140 valence electrons. The summed E-state index contributed by atoms with van der Waals surface area (Å²) < 4.78 is 7.43. The monoisotopic (exact) mass is 376 g/mol. The van der Waals surface area contributed by atoms with Gasteiger partial charge in [-0.1, -0.05) is 11.6 Å². The van der Waals surface area contributed by atoms with Crippen LogP contribution in [-0.4, -0.2) is 29.0 Å². The minimum absolute atomic E-state index is 0.108. The predicted octanol–water partition coefficient (Wildman–Crippen LogP) is 4.15. The summed E-state index contributed by atoms with van der Waals surface area (Å²) in [5.41, 5.74) is 2.93. The number of ether oxygens (including phenoxy) is 1. The quantitative estimate of drug-likeness (QED) is 0.762. The Morgan fingerprint density at radius 3 is 2.69 bits per heavy atom. The Kier molecular flexibility index (Phi) is 5.41. The molecule has 2 aromatic rings. The molecule has 1 aromatic heterocycles. The second kappa shape index (κ2) is 7.58. The van der Waals surface area contributed by atoms with E-state index in [-0.39, 0.29) is 11.4 Å². The number of aryl methyl sites for hydroxylation is 2. The molecule has 2 N–H and O–H groups in total. The van der Waals surface area contributed by atoms with E-state index in [1.807, 2.05) is 18.5 Å². The third kappa shape index (κ3) is 4.49. The highest BCUT2D eigenvalue weighted by molar-refractivity contribution is 6.32. The first-order chi connectivity index (χ1) is 12.4. The number of halogens is 1. The van der Waals surface area contributed by atoms with Crippen molar-refractivity contribution in [3.8, 4) is 5.75 Å². The molecule has 1 aliphatic rings. The second-order valence-electron chi connectivity index (χ2n) is 6.97. The number of carbonyl (C=O) groups excluding carboxylic acids is 1. The van der Waals surface area contributed by atoms with Crippen LogP contribution in [0.15, 0.2) is 24.3 Å². The standard InChI is InChI=1S/C19H25ClN4O2/c1-4-26-17-6-5-15(10-16(17)20)22-18(25)21-11-19(7-8-19)12-24-14(3)9-13(2)23-24/h5-6,9-10H,4,7-8,11-12H2,1-3H3,(H2,21,22,25). The number of hydrogen-bond acceptors (Lipinski definition) is 3. The van der Waals surface area contributed by atoms with Crippen LogP contribution >= 0.6 is 11.6 Å². The van der Waals surface area contributed by atoms with Crippen molar-refractivity contribution in [1.29, 1.82) is 0 Å². The van der Waals surface area contributed by atoms with E-state index in [1.165, 1.54) is 0 Å². The number of nitrogens with one attached hydrogen (secondary N) is 2. The zero-order valence-electron chi connectivity index (χ0n) is 15.4. The molecule has 0 radical (unpaired) electrons. The number of aromatic nitrogens is 2. The highest BCUT2D eigenvalue weighted by atomic mass is 35.5. The largest absolute Gasteiger partial charge is 0.492 e. The van der Waals surface area contributed by atoms with Crippen LogP contribution in [0, 0.1) is 19.3 Å². The molecule has 0 bridgehead atoms. The summed E-state index contributed by atoms with van der Waals surface area (Å²) >= 11 is 6.15. The molecule has 1 aromatic carbocycles. The zero-order valence-corrected chi connectivity index (χ0v) is 16.2. The molecule has 7 heteroatoms. The number of benzene rings is 1. The van der Waals surface area contributed by atoms with Gasteiger partial charge in [-0.05, 0) is 57.9 Å².